The van der Waals surface area contributed by atoms with Gasteiger partial charge in [-0.25, -0.2) is 12.8 Å². The maximum absolute atomic E-state index is 13.5. The number of anilines is 1. The third-order valence-electron chi connectivity index (χ3n) is 6.98. The molecule has 2 aromatic rings. The van der Waals surface area contributed by atoms with E-state index in [1.807, 2.05) is 0 Å². The molecule has 1 aliphatic carbocycles. The van der Waals surface area contributed by atoms with Crippen molar-refractivity contribution >= 4 is 39.1 Å². The highest BCUT2D eigenvalue weighted by molar-refractivity contribution is 7.92. The van der Waals surface area contributed by atoms with Crippen LogP contribution < -0.4 is 9.62 Å². The second-order valence-electron chi connectivity index (χ2n) is 10.0. The third-order valence-corrected chi connectivity index (χ3v) is 8.39. The van der Waals surface area contributed by atoms with Crippen LogP contribution in [0.25, 0.3) is 0 Å². The summed E-state index contributed by atoms with van der Waals surface area (Å²) in [4.78, 5) is 28.0. The van der Waals surface area contributed by atoms with Crippen LogP contribution in [-0.2, 0) is 26.2 Å². The molecule has 1 atom stereocenters. The van der Waals surface area contributed by atoms with Gasteiger partial charge in [-0.3, -0.25) is 13.9 Å². The molecule has 1 N–H and O–H groups in total. The topological polar surface area (TPSA) is 86.8 Å². The molecule has 0 aromatic heterocycles. The second kappa shape index (κ2) is 13.4. The Morgan fingerprint density at radius 1 is 1.11 bits per heavy atom. The Bertz CT molecular complexity index is 1220. The highest BCUT2D eigenvalue weighted by atomic mass is 35.5. The Labute approximate surface area is 230 Å². The molecule has 0 saturated heterocycles. The van der Waals surface area contributed by atoms with Gasteiger partial charge in [-0.2, -0.15) is 0 Å². The lowest BCUT2D eigenvalue weighted by molar-refractivity contribution is -0.141. The fraction of sp³-hybridized carbons (Fsp3) is 0.500. The van der Waals surface area contributed by atoms with Crippen molar-refractivity contribution in [3.63, 3.8) is 0 Å². The minimum atomic E-state index is -3.62. The molecule has 7 nitrogen and oxygen atoms in total. The standard InChI is InChI=1S/C28H37ClFN3O4S/c1-20-11-14-23(29)18-26(20)33(38(3,36)37)17-7-10-27(34)32(19-22-12-15-24(30)16-13-22)21(2)28(35)31-25-8-5-4-6-9-25/h11-16,18,21,25H,4-10,17,19H2,1-3H3,(H,31,35)/t21-/m1/s1. The first-order valence-electron chi connectivity index (χ1n) is 13.0. The van der Waals surface area contributed by atoms with E-state index in [1.54, 1.807) is 44.2 Å². The first-order chi connectivity index (χ1) is 18.0. The summed E-state index contributed by atoms with van der Waals surface area (Å²) in [6.07, 6.45) is 6.55. The van der Waals surface area contributed by atoms with E-state index >= 15 is 0 Å². The Balaban J connectivity index is 1.73. The molecule has 0 bridgehead atoms. The number of amides is 2. The van der Waals surface area contributed by atoms with Crippen LogP contribution in [0.2, 0.25) is 5.02 Å². The van der Waals surface area contributed by atoms with Gasteiger partial charge in [0.25, 0.3) is 0 Å². The number of benzene rings is 2. The number of carbonyl (C=O) groups excluding carboxylic acids is 2. The van der Waals surface area contributed by atoms with Crippen molar-refractivity contribution < 1.29 is 22.4 Å². The van der Waals surface area contributed by atoms with Crippen molar-refractivity contribution in [1.82, 2.24) is 10.2 Å². The summed E-state index contributed by atoms with van der Waals surface area (Å²) in [5, 5.41) is 3.50. The maximum atomic E-state index is 13.5. The number of hydrogen-bond acceptors (Lipinski definition) is 4. The molecule has 1 saturated carbocycles. The monoisotopic (exact) mass is 565 g/mol. The van der Waals surface area contributed by atoms with Crippen molar-refractivity contribution in [3.05, 3.63) is 64.4 Å². The molecule has 1 aliphatic rings. The molecule has 0 spiro atoms. The van der Waals surface area contributed by atoms with E-state index in [4.69, 9.17) is 11.6 Å². The molecular weight excluding hydrogens is 529 g/mol. The minimum Gasteiger partial charge on any atom is -0.352 e. The third kappa shape index (κ3) is 8.43. The SMILES string of the molecule is Cc1ccc(Cl)cc1N(CCCC(=O)N(Cc1ccc(F)cc1)[C@H](C)C(=O)NC1CCCCC1)S(C)(=O)=O. The summed E-state index contributed by atoms with van der Waals surface area (Å²) in [5.74, 6) is -0.886. The molecule has 0 unspecified atom stereocenters. The van der Waals surface area contributed by atoms with Crippen molar-refractivity contribution in [2.24, 2.45) is 0 Å². The molecule has 2 amide bonds. The fourth-order valence-corrected chi connectivity index (χ4v) is 5.95. The zero-order valence-corrected chi connectivity index (χ0v) is 23.8. The molecular formula is C28H37ClFN3O4S. The average Bonchev–Trinajstić information content (AvgIpc) is 2.87. The number of hydrogen-bond donors (Lipinski definition) is 1. The van der Waals surface area contributed by atoms with E-state index in [2.05, 4.69) is 5.32 Å². The first-order valence-corrected chi connectivity index (χ1v) is 15.3. The predicted molar refractivity (Wildman–Crippen MR) is 149 cm³/mol. The van der Waals surface area contributed by atoms with Crippen LogP contribution >= 0.6 is 11.6 Å². The number of carbonyl (C=O) groups is 2. The summed E-state index contributed by atoms with van der Waals surface area (Å²) < 4.78 is 39.8. The summed E-state index contributed by atoms with van der Waals surface area (Å²) in [7, 11) is -3.62. The lowest BCUT2D eigenvalue weighted by atomic mass is 9.95. The van der Waals surface area contributed by atoms with Crippen LogP contribution in [0.1, 0.15) is 63.0 Å². The van der Waals surface area contributed by atoms with Gasteiger partial charge in [-0.15, -0.1) is 0 Å². The largest absolute Gasteiger partial charge is 0.352 e. The number of rotatable bonds is 11. The minimum absolute atomic E-state index is 0.0356. The van der Waals surface area contributed by atoms with E-state index in [0.717, 1.165) is 43.9 Å². The molecule has 10 heteroatoms. The lowest BCUT2D eigenvalue weighted by Crippen LogP contribution is -2.50. The van der Waals surface area contributed by atoms with E-state index in [9.17, 15) is 22.4 Å². The van der Waals surface area contributed by atoms with E-state index in [-0.39, 0.29) is 49.6 Å². The van der Waals surface area contributed by atoms with Gasteiger partial charge in [0.15, 0.2) is 0 Å². The second-order valence-corrected chi connectivity index (χ2v) is 12.4. The molecule has 208 valence electrons. The highest BCUT2D eigenvalue weighted by Gasteiger charge is 2.28. The van der Waals surface area contributed by atoms with Crippen LogP contribution in [0.4, 0.5) is 10.1 Å². The zero-order valence-electron chi connectivity index (χ0n) is 22.3. The van der Waals surface area contributed by atoms with Gasteiger partial charge in [0.05, 0.1) is 11.9 Å². The normalized spacial score (nSPS) is 15.1. The Morgan fingerprint density at radius 3 is 2.39 bits per heavy atom. The molecule has 0 heterocycles. The molecule has 0 radical (unpaired) electrons. The van der Waals surface area contributed by atoms with Gasteiger partial charge in [0, 0.05) is 30.6 Å². The number of halogens is 2. The van der Waals surface area contributed by atoms with Gasteiger partial charge < -0.3 is 10.2 Å². The summed E-state index contributed by atoms with van der Waals surface area (Å²) in [5.41, 5.74) is 1.91. The fourth-order valence-electron chi connectivity index (χ4n) is 4.77. The summed E-state index contributed by atoms with van der Waals surface area (Å²) in [6, 6.07) is 10.2. The highest BCUT2D eigenvalue weighted by Crippen LogP contribution is 2.27. The van der Waals surface area contributed by atoms with Crippen LogP contribution in [0, 0.1) is 12.7 Å². The van der Waals surface area contributed by atoms with Crippen molar-refractivity contribution in [2.75, 3.05) is 17.1 Å². The van der Waals surface area contributed by atoms with E-state index in [1.165, 1.54) is 21.3 Å². The molecule has 2 aromatic carbocycles. The van der Waals surface area contributed by atoms with Gasteiger partial charge in [0.1, 0.15) is 11.9 Å². The smallest absolute Gasteiger partial charge is 0.242 e. The van der Waals surface area contributed by atoms with Crippen molar-refractivity contribution in [2.45, 2.75) is 77.4 Å². The molecule has 1 fully saturated rings. The zero-order chi connectivity index (χ0) is 27.9. The Kier molecular flexibility index (Phi) is 10.6. The van der Waals surface area contributed by atoms with Crippen LogP contribution in [-0.4, -0.2) is 50.0 Å². The molecule has 3 rings (SSSR count). The molecule has 0 aliphatic heterocycles. The number of sulfonamides is 1. The van der Waals surface area contributed by atoms with E-state index < -0.39 is 16.1 Å². The van der Waals surface area contributed by atoms with Crippen molar-refractivity contribution in [1.29, 1.82) is 0 Å². The van der Waals surface area contributed by atoms with Gasteiger partial charge >= 0.3 is 0 Å². The lowest BCUT2D eigenvalue weighted by Gasteiger charge is -2.31. The van der Waals surface area contributed by atoms with Crippen molar-refractivity contribution in [3.8, 4) is 0 Å². The number of nitrogens with zero attached hydrogens (tertiary/aromatic N) is 2. The predicted octanol–water partition coefficient (Wildman–Crippen LogP) is 5.20. The number of nitrogens with one attached hydrogen (secondary N) is 1. The maximum Gasteiger partial charge on any atom is 0.242 e. The molecule has 38 heavy (non-hydrogen) atoms. The van der Waals surface area contributed by atoms with Crippen LogP contribution in [0.3, 0.4) is 0 Å². The van der Waals surface area contributed by atoms with E-state index in [0.29, 0.717) is 16.3 Å². The van der Waals surface area contributed by atoms with Gasteiger partial charge in [-0.05, 0) is 68.5 Å². The first kappa shape index (κ1) is 29.9. The van der Waals surface area contributed by atoms with Gasteiger partial charge in [0.2, 0.25) is 21.8 Å². The Morgan fingerprint density at radius 2 is 1.76 bits per heavy atom. The summed E-state index contributed by atoms with van der Waals surface area (Å²) in [6.45, 7) is 3.71. The Hall–Kier alpha value is -2.65. The van der Waals surface area contributed by atoms with Crippen LogP contribution in [0.5, 0.6) is 0 Å². The number of aryl methyl sites for hydroxylation is 1. The van der Waals surface area contributed by atoms with Gasteiger partial charge in [-0.1, -0.05) is 49.1 Å². The quantitative estimate of drug-likeness (QED) is 0.406. The van der Waals surface area contributed by atoms with Crippen LogP contribution in [0.15, 0.2) is 42.5 Å². The average molecular weight is 566 g/mol. The summed E-state index contributed by atoms with van der Waals surface area (Å²) >= 11 is 6.11.